The first kappa shape index (κ1) is 16.6. The van der Waals surface area contributed by atoms with E-state index in [2.05, 4.69) is 9.62 Å². The number of nitrogens with zero attached hydrogens (tertiary/aromatic N) is 1. The lowest BCUT2D eigenvalue weighted by Crippen LogP contribution is -2.39. The maximum absolute atomic E-state index is 12.4. The minimum Gasteiger partial charge on any atom is -0.398 e. The van der Waals surface area contributed by atoms with E-state index in [-0.39, 0.29) is 4.90 Å². The topological polar surface area (TPSA) is 75.4 Å². The van der Waals surface area contributed by atoms with Gasteiger partial charge in [0, 0.05) is 43.4 Å². The van der Waals surface area contributed by atoms with Crippen molar-refractivity contribution in [2.24, 2.45) is 0 Å². The highest BCUT2D eigenvalue weighted by Crippen LogP contribution is 2.22. The Bertz CT molecular complexity index is 596. The largest absolute Gasteiger partial charge is 0.398 e. The molecule has 1 aliphatic heterocycles. The van der Waals surface area contributed by atoms with E-state index in [1.807, 2.05) is 18.7 Å². The van der Waals surface area contributed by atoms with Crippen molar-refractivity contribution in [1.82, 2.24) is 9.62 Å². The van der Waals surface area contributed by atoms with Crippen LogP contribution in [0.3, 0.4) is 0 Å². The van der Waals surface area contributed by atoms with Gasteiger partial charge in [-0.3, -0.25) is 0 Å². The van der Waals surface area contributed by atoms with Crippen LogP contribution in [0.5, 0.6) is 0 Å². The maximum atomic E-state index is 12.4. The summed E-state index contributed by atoms with van der Waals surface area (Å²) in [5.74, 6) is 2.25. The summed E-state index contributed by atoms with van der Waals surface area (Å²) in [6.07, 6.45) is 0. The van der Waals surface area contributed by atoms with E-state index < -0.39 is 10.0 Å². The maximum Gasteiger partial charge on any atom is 0.240 e. The molecule has 1 aromatic rings. The third kappa shape index (κ3) is 4.35. The quantitative estimate of drug-likeness (QED) is 0.794. The van der Waals surface area contributed by atoms with Crippen LogP contribution < -0.4 is 10.5 Å². The van der Waals surface area contributed by atoms with Gasteiger partial charge in [-0.25, -0.2) is 13.1 Å². The molecule has 1 aromatic carbocycles. The number of rotatable bonds is 5. The summed E-state index contributed by atoms with van der Waals surface area (Å²) in [6.45, 7) is 6.83. The van der Waals surface area contributed by atoms with Crippen molar-refractivity contribution >= 4 is 27.5 Å². The van der Waals surface area contributed by atoms with Crippen LogP contribution >= 0.6 is 11.8 Å². The van der Waals surface area contributed by atoms with Gasteiger partial charge in [-0.05, 0) is 37.1 Å². The second-order valence-electron chi connectivity index (χ2n) is 5.33. The van der Waals surface area contributed by atoms with Gasteiger partial charge < -0.3 is 10.6 Å². The van der Waals surface area contributed by atoms with E-state index in [1.165, 1.54) is 0 Å². The summed E-state index contributed by atoms with van der Waals surface area (Å²) in [5.41, 5.74) is 7.84. The summed E-state index contributed by atoms with van der Waals surface area (Å²) < 4.78 is 27.5. The summed E-state index contributed by atoms with van der Waals surface area (Å²) in [5, 5.41) is 0. The minimum absolute atomic E-state index is 0.286. The molecule has 0 aromatic heterocycles. The summed E-state index contributed by atoms with van der Waals surface area (Å²) >= 11 is 1.95. The fourth-order valence-electron chi connectivity index (χ4n) is 2.37. The molecule has 1 aliphatic rings. The van der Waals surface area contributed by atoms with Crippen LogP contribution in [0, 0.1) is 13.8 Å². The molecule has 0 aliphatic carbocycles. The van der Waals surface area contributed by atoms with Gasteiger partial charge in [0.05, 0.1) is 4.90 Å². The predicted molar refractivity (Wildman–Crippen MR) is 89.3 cm³/mol. The Labute approximate surface area is 131 Å². The van der Waals surface area contributed by atoms with Crippen molar-refractivity contribution in [1.29, 1.82) is 0 Å². The Morgan fingerprint density at radius 2 is 1.95 bits per heavy atom. The van der Waals surface area contributed by atoms with Gasteiger partial charge in [0.2, 0.25) is 10.0 Å². The van der Waals surface area contributed by atoms with E-state index in [1.54, 1.807) is 19.1 Å². The standard InChI is InChI=1S/C14H23N3O2S2/c1-11-9-13(15)12(2)14(10-11)21(18,19)16-3-4-17-5-7-20-8-6-17/h9-10,16H,3-8,15H2,1-2H3. The minimum atomic E-state index is -3.50. The molecule has 7 heteroatoms. The molecule has 1 fully saturated rings. The summed E-state index contributed by atoms with van der Waals surface area (Å²) in [6, 6.07) is 3.46. The number of aryl methyl sites for hydroxylation is 1. The number of nitrogen functional groups attached to an aromatic ring is 1. The first-order valence-corrected chi connectivity index (χ1v) is 9.70. The normalized spacial score (nSPS) is 17.0. The van der Waals surface area contributed by atoms with Gasteiger partial charge in [0.15, 0.2) is 0 Å². The first-order chi connectivity index (χ1) is 9.90. The lowest BCUT2D eigenvalue weighted by atomic mass is 10.1. The molecular formula is C14H23N3O2S2. The highest BCUT2D eigenvalue weighted by atomic mass is 32.2. The fraction of sp³-hybridized carbons (Fsp3) is 0.571. The van der Waals surface area contributed by atoms with Crippen LogP contribution in [0.2, 0.25) is 0 Å². The fourth-order valence-corrected chi connectivity index (χ4v) is 4.73. The Morgan fingerprint density at radius 1 is 1.29 bits per heavy atom. The predicted octanol–water partition coefficient (Wildman–Crippen LogP) is 1.21. The van der Waals surface area contributed by atoms with Crippen LogP contribution in [0.25, 0.3) is 0 Å². The summed E-state index contributed by atoms with van der Waals surface area (Å²) in [7, 11) is -3.50. The Morgan fingerprint density at radius 3 is 2.62 bits per heavy atom. The van der Waals surface area contributed by atoms with E-state index >= 15 is 0 Å². The van der Waals surface area contributed by atoms with Gasteiger partial charge in [0.25, 0.3) is 0 Å². The van der Waals surface area contributed by atoms with Crippen LogP contribution in [0.1, 0.15) is 11.1 Å². The zero-order valence-electron chi connectivity index (χ0n) is 12.6. The van der Waals surface area contributed by atoms with Gasteiger partial charge in [-0.2, -0.15) is 11.8 Å². The molecule has 1 heterocycles. The molecule has 118 valence electrons. The van der Waals surface area contributed by atoms with Gasteiger partial charge in [0.1, 0.15) is 0 Å². The molecule has 0 bridgehead atoms. The van der Waals surface area contributed by atoms with Crippen molar-refractivity contribution < 1.29 is 8.42 Å². The molecule has 1 saturated heterocycles. The highest BCUT2D eigenvalue weighted by molar-refractivity contribution is 7.99. The second-order valence-corrected chi connectivity index (χ2v) is 8.29. The first-order valence-electron chi connectivity index (χ1n) is 7.06. The second kappa shape index (κ2) is 7.00. The molecule has 3 N–H and O–H groups in total. The zero-order valence-corrected chi connectivity index (χ0v) is 14.2. The Kier molecular flexibility index (Phi) is 5.54. The van der Waals surface area contributed by atoms with E-state index in [0.29, 0.717) is 17.8 Å². The van der Waals surface area contributed by atoms with Crippen LogP contribution in [-0.4, -0.2) is 51.0 Å². The van der Waals surface area contributed by atoms with Crippen LogP contribution in [0.15, 0.2) is 17.0 Å². The van der Waals surface area contributed by atoms with Crippen molar-refractivity contribution in [3.05, 3.63) is 23.3 Å². The zero-order chi connectivity index (χ0) is 15.5. The molecule has 21 heavy (non-hydrogen) atoms. The number of benzene rings is 1. The van der Waals surface area contributed by atoms with Crippen molar-refractivity contribution in [2.45, 2.75) is 18.7 Å². The third-order valence-electron chi connectivity index (χ3n) is 3.66. The number of hydrogen-bond acceptors (Lipinski definition) is 5. The van der Waals surface area contributed by atoms with E-state index in [9.17, 15) is 8.42 Å². The number of sulfonamides is 1. The third-order valence-corrected chi connectivity index (χ3v) is 6.19. The van der Waals surface area contributed by atoms with E-state index in [4.69, 9.17) is 5.73 Å². The molecule has 2 rings (SSSR count). The van der Waals surface area contributed by atoms with Crippen molar-refractivity contribution in [3.8, 4) is 0 Å². The summed E-state index contributed by atoms with van der Waals surface area (Å²) in [4.78, 5) is 2.57. The van der Waals surface area contributed by atoms with Crippen molar-refractivity contribution in [3.63, 3.8) is 0 Å². The molecule has 0 amide bonds. The molecule has 0 unspecified atom stereocenters. The SMILES string of the molecule is Cc1cc(N)c(C)c(S(=O)(=O)NCCN2CCSCC2)c1. The number of hydrogen-bond donors (Lipinski definition) is 2. The van der Waals surface area contributed by atoms with Crippen molar-refractivity contribution in [2.75, 3.05) is 43.4 Å². The van der Waals surface area contributed by atoms with Gasteiger partial charge in [-0.1, -0.05) is 0 Å². The average molecular weight is 329 g/mol. The van der Waals surface area contributed by atoms with E-state index in [0.717, 1.165) is 36.7 Å². The number of anilines is 1. The molecule has 0 atom stereocenters. The number of nitrogens with one attached hydrogen (secondary N) is 1. The van der Waals surface area contributed by atoms with Gasteiger partial charge >= 0.3 is 0 Å². The lowest BCUT2D eigenvalue weighted by molar-refractivity contribution is 0.307. The molecular weight excluding hydrogens is 306 g/mol. The molecule has 5 nitrogen and oxygen atoms in total. The lowest BCUT2D eigenvalue weighted by Gasteiger charge is -2.26. The number of thioether (sulfide) groups is 1. The highest BCUT2D eigenvalue weighted by Gasteiger charge is 2.19. The Hall–Kier alpha value is -0.760. The smallest absolute Gasteiger partial charge is 0.240 e. The molecule has 0 radical (unpaired) electrons. The molecule has 0 saturated carbocycles. The Balaban J connectivity index is 2.01. The monoisotopic (exact) mass is 329 g/mol. The average Bonchev–Trinajstić information content (AvgIpc) is 2.43. The molecule has 0 spiro atoms. The van der Waals surface area contributed by atoms with Gasteiger partial charge in [-0.15, -0.1) is 0 Å². The van der Waals surface area contributed by atoms with Crippen LogP contribution in [0.4, 0.5) is 5.69 Å². The van der Waals surface area contributed by atoms with Crippen LogP contribution in [-0.2, 0) is 10.0 Å². The number of nitrogens with two attached hydrogens (primary N) is 1.